The van der Waals surface area contributed by atoms with Gasteiger partial charge < -0.3 is 29.0 Å². The smallest absolute Gasteiger partial charge is 0.325 e. The average Bonchev–Trinajstić information content (AvgIpc) is 3.44. The van der Waals surface area contributed by atoms with Gasteiger partial charge in [-0.25, -0.2) is 0 Å². The molecule has 1 saturated heterocycles. The molecule has 1 fully saturated rings. The van der Waals surface area contributed by atoms with Crippen molar-refractivity contribution < 1.29 is 34.0 Å². The predicted octanol–water partition coefficient (Wildman–Crippen LogP) is 2.41. The van der Waals surface area contributed by atoms with E-state index < -0.39 is 18.0 Å². The number of rotatable bonds is 8. The van der Waals surface area contributed by atoms with Crippen LogP contribution in [0.4, 0.5) is 0 Å². The molecule has 0 aliphatic carbocycles. The third-order valence-electron chi connectivity index (χ3n) is 6.57. The molecule has 2 aliphatic rings. The summed E-state index contributed by atoms with van der Waals surface area (Å²) in [7, 11) is 1.54. The van der Waals surface area contributed by atoms with Crippen LogP contribution in [0.5, 0.6) is 17.2 Å². The van der Waals surface area contributed by atoms with Gasteiger partial charge >= 0.3 is 11.9 Å². The molecule has 1 atom stereocenters. The van der Waals surface area contributed by atoms with Crippen molar-refractivity contribution in [2.24, 2.45) is 0 Å². The minimum Gasteiger partial charge on any atom is -0.497 e. The fraction of sp³-hybridized carbons (Fsp3) is 0.360. The Morgan fingerprint density at radius 3 is 2.51 bits per heavy atom. The number of aromatic nitrogens is 1. The van der Waals surface area contributed by atoms with Gasteiger partial charge in [0.1, 0.15) is 18.3 Å². The molecule has 0 radical (unpaired) electrons. The summed E-state index contributed by atoms with van der Waals surface area (Å²) in [5.41, 5.74) is 2.34. The second kappa shape index (κ2) is 9.47. The molecule has 5 rings (SSSR count). The largest absolute Gasteiger partial charge is 0.497 e. The Morgan fingerprint density at radius 2 is 1.80 bits per heavy atom. The van der Waals surface area contributed by atoms with E-state index in [4.69, 9.17) is 14.2 Å². The molecule has 35 heavy (non-hydrogen) atoms. The summed E-state index contributed by atoms with van der Waals surface area (Å²) in [6.07, 6.45) is 1.65. The van der Waals surface area contributed by atoms with Gasteiger partial charge in [-0.3, -0.25) is 19.4 Å². The number of hydrogen-bond acceptors (Lipinski definition) is 7. The zero-order chi connectivity index (χ0) is 24.5. The first-order valence-electron chi connectivity index (χ1n) is 11.4. The Labute approximate surface area is 201 Å². The van der Waals surface area contributed by atoms with Crippen LogP contribution in [-0.2, 0) is 22.7 Å². The van der Waals surface area contributed by atoms with Crippen LogP contribution in [0.2, 0.25) is 0 Å². The molecule has 184 valence electrons. The molecule has 10 heteroatoms. The summed E-state index contributed by atoms with van der Waals surface area (Å²) in [5, 5.41) is 20.2. The van der Waals surface area contributed by atoms with E-state index in [-0.39, 0.29) is 13.3 Å². The number of benzene rings is 2. The molecule has 3 aromatic rings. The second-order valence-electron chi connectivity index (χ2n) is 8.73. The standard InChI is InChI=1S/C25H27N3O7/c1-33-17-3-4-20-18(11-17)19(13-28(20)14-23(29)30)24(25(31)32)27-8-6-26(7-9-27)12-16-2-5-21-22(10-16)35-15-34-21/h2-5,10-11,13,24H,6-9,12,14-15H2,1H3,(H,29,30)(H,31,32)/t24-/m1/s1. The summed E-state index contributed by atoms with van der Waals surface area (Å²) < 4.78 is 17.8. The maximum Gasteiger partial charge on any atom is 0.325 e. The van der Waals surface area contributed by atoms with Gasteiger partial charge in [0.25, 0.3) is 0 Å². The molecule has 0 amide bonds. The molecular formula is C25H27N3O7. The summed E-state index contributed by atoms with van der Waals surface area (Å²) in [5.74, 6) is 0.131. The van der Waals surface area contributed by atoms with Crippen LogP contribution in [0.25, 0.3) is 10.9 Å². The highest BCUT2D eigenvalue weighted by atomic mass is 16.7. The molecule has 2 aromatic carbocycles. The molecule has 2 aliphatic heterocycles. The number of fused-ring (bicyclic) bond motifs is 2. The number of methoxy groups -OCH3 is 1. The molecule has 10 nitrogen and oxygen atoms in total. The number of ether oxygens (including phenoxy) is 3. The Hall–Kier alpha value is -3.76. The first-order chi connectivity index (χ1) is 16.9. The fourth-order valence-electron chi connectivity index (χ4n) is 4.89. The van der Waals surface area contributed by atoms with E-state index in [9.17, 15) is 19.8 Å². The maximum atomic E-state index is 12.5. The quantitative estimate of drug-likeness (QED) is 0.501. The molecule has 0 saturated carbocycles. The molecule has 2 N–H and O–H groups in total. The van der Waals surface area contributed by atoms with Gasteiger partial charge in [-0.2, -0.15) is 0 Å². The van der Waals surface area contributed by atoms with Crippen LogP contribution in [0.15, 0.2) is 42.6 Å². The lowest BCUT2D eigenvalue weighted by atomic mass is 10.0. The van der Waals surface area contributed by atoms with Crippen molar-refractivity contribution in [1.29, 1.82) is 0 Å². The number of piperazine rings is 1. The normalized spacial score (nSPS) is 16.9. The van der Waals surface area contributed by atoms with Gasteiger partial charge in [-0.1, -0.05) is 6.07 Å². The number of nitrogens with zero attached hydrogens (tertiary/aromatic N) is 3. The first kappa shape index (κ1) is 23.0. The van der Waals surface area contributed by atoms with Crippen molar-refractivity contribution >= 4 is 22.8 Å². The summed E-state index contributed by atoms with van der Waals surface area (Å²) >= 11 is 0. The van der Waals surface area contributed by atoms with E-state index in [1.165, 1.54) is 0 Å². The Kier molecular flexibility index (Phi) is 6.23. The van der Waals surface area contributed by atoms with Gasteiger partial charge in [0.2, 0.25) is 6.79 Å². The van der Waals surface area contributed by atoms with Crippen molar-refractivity contribution in [3.63, 3.8) is 0 Å². The maximum absolute atomic E-state index is 12.5. The van der Waals surface area contributed by atoms with E-state index in [0.29, 0.717) is 48.4 Å². The van der Waals surface area contributed by atoms with E-state index >= 15 is 0 Å². The molecular weight excluding hydrogens is 454 g/mol. The van der Waals surface area contributed by atoms with Gasteiger partial charge in [0.15, 0.2) is 11.5 Å². The average molecular weight is 482 g/mol. The Morgan fingerprint density at radius 1 is 1.03 bits per heavy atom. The minimum absolute atomic E-state index is 0.239. The van der Waals surface area contributed by atoms with Crippen LogP contribution in [0.3, 0.4) is 0 Å². The monoisotopic (exact) mass is 481 g/mol. The number of carboxylic acids is 2. The van der Waals surface area contributed by atoms with Crippen molar-refractivity contribution in [1.82, 2.24) is 14.4 Å². The number of aliphatic carboxylic acids is 2. The fourth-order valence-corrected chi connectivity index (χ4v) is 4.89. The summed E-state index contributed by atoms with van der Waals surface area (Å²) in [6.45, 7) is 3.26. The molecule has 0 bridgehead atoms. The molecule has 1 aromatic heterocycles. The highest BCUT2D eigenvalue weighted by Crippen LogP contribution is 2.35. The molecule has 0 unspecified atom stereocenters. The lowest BCUT2D eigenvalue weighted by Crippen LogP contribution is -2.48. The topological polar surface area (TPSA) is 114 Å². The van der Waals surface area contributed by atoms with Crippen molar-refractivity contribution in [2.75, 3.05) is 40.1 Å². The Bertz CT molecular complexity index is 1260. The van der Waals surface area contributed by atoms with Gasteiger partial charge in [-0.05, 0) is 35.9 Å². The lowest BCUT2D eigenvalue weighted by Gasteiger charge is -2.37. The highest BCUT2D eigenvalue weighted by molar-refractivity contribution is 5.91. The van der Waals surface area contributed by atoms with Crippen LogP contribution in [0.1, 0.15) is 17.2 Å². The minimum atomic E-state index is -0.992. The van der Waals surface area contributed by atoms with Crippen molar-refractivity contribution in [2.45, 2.75) is 19.1 Å². The zero-order valence-electron chi connectivity index (χ0n) is 19.3. The molecule has 3 heterocycles. The van der Waals surface area contributed by atoms with Crippen LogP contribution in [0, 0.1) is 0 Å². The van der Waals surface area contributed by atoms with Crippen LogP contribution in [-0.4, -0.2) is 76.6 Å². The number of carbonyl (C=O) groups is 2. The van der Waals surface area contributed by atoms with E-state index in [1.54, 1.807) is 36.1 Å². The van der Waals surface area contributed by atoms with Gasteiger partial charge in [0, 0.05) is 55.4 Å². The SMILES string of the molecule is COc1ccc2c(c1)c([C@H](C(=O)O)N1CCN(Cc3ccc4c(c3)OCO4)CC1)cn2CC(=O)O. The second-order valence-corrected chi connectivity index (χ2v) is 8.73. The number of carboxylic acid groups (broad SMARTS) is 2. The van der Waals surface area contributed by atoms with Crippen molar-refractivity contribution in [3.8, 4) is 17.2 Å². The zero-order valence-corrected chi connectivity index (χ0v) is 19.3. The third kappa shape index (κ3) is 4.62. The lowest BCUT2D eigenvalue weighted by molar-refractivity contribution is -0.144. The van der Waals surface area contributed by atoms with E-state index in [2.05, 4.69) is 4.90 Å². The van der Waals surface area contributed by atoms with E-state index in [1.807, 2.05) is 23.1 Å². The van der Waals surface area contributed by atoms with Gasteiger partial charge in [0.05, 0.1) is 7.11 Å². The predicted molar refractivity (Wildman–Crippen MR) is 126 cm³/mol. The van der Waals surface area contributed by atoms with Crippen molar-refractivity contribution in [3.05, 3.63) is 53.7 Å². The van der Waals surface area contributed by atoms with E-state index in [0.717, 1.165) is 23.6 Å². The van der Waals surface area contributed by atoms with Gasteiger partial charge in [-0.15, -0.1) is 0 Å². The van der Waals surface area contributed by atoms with Crippen LogP contribution < -0.4 is 14.2 Å². The summed E-state index contributed by atoms with van der Waals surface area (Å²) in [6, 6.07) is 10.3. The molecule has 0 spiro atoms. The Balaban J connectivity index is 1.36. The van der Waals surface area contributed by atoms with Crippen LogP contribution >= 0.6 is 0 Å². The first-order valence-corrected chi connectivity index (χ1v) is 11.4. The third-order valence-corrected chi connectivity index (χ3v) is 6.57. The number of hydrogen-bond donors (Lipinski definition) is 2. The highest BCUT2D eigenvalue weighted by Gasteiger charge is 2.33. The summed E-state index contributed by atoms with van der Waals surface area (Å²) in [4.78, 5) is 28.1.